The van der Waals surface area contributed by atoms with Gasteiger partial charge in [0.25, 0.3) is 0 Å². The molecule has 1 atom stereocenters. The van der Waals surface area contributed by atoms with Crippen LogP contribution in [0.1, 0.15) is 36.1 Å². The summed E-state index contributed by atoms with van der Waals surface area (Å²) < 4.78 is 11.2. The highest BCUT2D eigenvalue weighted by molar-refractivity contribution is 5.78. The van der Waals surface area contributed by atoms with E-state index in [2.05, 4.69) is 22.4 Å². The highest BCUT2D eigenvalue weighted by Gasteiger charge is 2.21. The van der Waals surface area contributed by atoms with E-state index in [0.29, 0.717) is 25.7 Å². The highest BCUT2D eigenvalue weighted by atomic mass is 16.5. The van der Waals surface area contributed by atoms with Crippen LogP contribution in [0.2, 0.25) is 0 Å². The molecule has 0 amide bonds. The number of guanidine groups is 1. The van der Waals surface area contributed by atoms with Crippen LogP contribution < -0.4 is 20.5 Å². The molecule has 1 aliphatic heterocycles. The molecule has 132 valence electrons. The Balaban J connectivity index is 1.64. The maximum atomic E-state index is 6.10. The van der Waals surface area contributed by atoms with E-state index < -0.39 is 0 Å². The van der Waals surface area contributed by atoms with Gasteiger partial charge in [0.2, 0.25) is 0 Å². The predicted molar refractivity (Wildman–Crippen MR) is 100 cm³/mol. The molecule has 1 aliphatic rings. The topological polar surface area (TPSA) is 68.9 Å². The van der Waals surface area contributed by atoms with Crippen molar-refractivity contribution in [3.63, 3.8) is 0 Å². The van der Waals surface area contributed by atoms with Gasteiger partial charge in [-0.15, -0.1) is 0 Å². The Hall–Kier alpha value is -2.69. The molecule has 0 bridgehead atoms. The van der Waals surface area contributed by atoms with Crippen molar-refractivity contribution in [2.45, 2.75) is 32.9 Å². The number of para-hydroxylation sites is 1. The van der Waals surface area contributed by atoms with Crippen molar-refractivity contribution in [1.29, 1.82) is 0 Å². The van der Waals surface area contributed by atoms with Crippen molar-refractivity contribution in [2.75, 3.05) is 13.2 Å². The third-order valence-electron chi connectivity index (χ3n) is 4.25. The molecular weight excluding hydrogens is 314 g/mol. The van der Waals surface area contributed by atoms with Gasteiger partial charge in [0.15, 0.2) is 5.96 Å². The second-order valence-electron chi connectivity index (χ2n) is 6.11. The van der Waals surface area contributed by atoms with Crippen LogP contribution in [0.15, 0.2) is 47.5 Å². The van der Waals surface area contributed by atoms with Gasteiger partial charge in [-0.2, -0.15) is 0 Å². The first-order valence-electron chi connectivity index (χ1n) is 8.68. The van der Waals surface area contributed by atoms with Gasteiger partial charge >= 0.3 is 0 Å². The fraction of sp³-hybridized carbons (Fsp3) is 0.350. The van der Waals surface area contributed by atoms with Crippen molar-refractivity contribution in [3.8, 4) is 11.5 Å². The fourth-order valence-corrected chi connectivity index (χ4v) is 3.02. The van der Waals surface area contributed by atoms with Crippen molar-refractivity contribution >= 4 is 5.96 Å². The molecule has 0 radical (unpaired) electrons. The van der Waals surface area contributed by atoms with E-state index >= 15 is 0 Å². The van der Waals surface area contributed by atoms with E-state index in [1.165, 1.54) is 0 Å². The minimum absolute atomic E-state index is 0.135. The first-order valence-corrected chi connectivity index (χ1v) is 8.68. The van der Waals surface area contributed by atoms with Crippen molar-refractivity contribution in [2.24, 2.45) is 10.7 Å². The second-order valence-corrected chi connectivity index (χ2v) is 6.11. The van der Waals surface area contributed by atoms with Crippen LogP contribution in [0.4, 0.5) is 0 Å². The summed E-state index contributed by atoms with van der Waals surface area (Å²) in [5.74, 6) is 2.29. The van der Waals surface area contributed by atoms with Gasteiger partial charge in [0, 0.05) is 12.0 Å². The molecule has 3 N–H and O–H groups in total. The minimum Gasteiger partial charge on any atom is -0.494 e. The van der Waals surface area contributed by atoms with Gasteiger partial charge in [-0.3, -0.25) is 0 Å². The number of nitrogens with one attached hydrogen (secondary N) is 1. The largest absolute Gasteiger partial charge is 0.494 e. The zero-order chi connectivity index (χ0) is 17.6. The molecule has 0 saturated carbocycles. The molecule has 5 nitrogen and oxygen atoms in total. The first-order chi connectivity index (χ1) is 12.2. The molecule has 1 heterocycles. The molecule has 1 unspecified atom stereocenters. The lowest BCUT2D eigenvalue weighted by Gasteiger charge is -2.26. The maximum absolute atomic E-state index is 6.10. The molecule has 0 fully saturated rings. The molecule has 0 saturated heterocycles. The summed E-state index contributed by atoms with van der Waals surface area (Å²) in [6.45, 7) is 5.91. The first kappa shape index (κ1) is 17.1. The molecule has 0 aliphatic carbocycles. The monoisotopic (exact) mass is 339 g/mol. The summed E-state index contributed by atoms with van der Waals surface area (Å²) in [5.41, 5.74) is 9.45. The number of ether oxygens (including phenoxy) is 2. The molecule has 25 heavy (non-hydrogen) atoms. The zero-order valence-corrected chi connectivity index (χ0v) is 14.8. The van der Waals surface area contributed by atoms with Crippen molar-refractivity contribution in [1.82, 2.24) is 5.32 Å². The van der Waals surface area contributed by atoms with Crippen LogP contribution in [-0.4, -0.2) is 19.2 Å². The fourth-order valence-electron chi connectivity index (χ4n) is 3.02. The molecule has 0 aromatic heterocycles. The average Bonchev–Trinajstić information content (AvgIpc) is 2.62. The smallest absolute Gasteiger partial charge is 0.189 e. The number of benzene rings is 2. The number of nitrogens with zero attached hydrogens (tertiary/aromatic N) is 1. The predicted octanol–water partition coefficient (Wildman–Crippen LogP) is 3.32. The van der Waals surface area contributed by atoms with Crippen LogP contribution in [0, 0.1) is 6.92 Å². The van der Waals surface area contributed by atoms with Crippen molar-refractivity contribution < 1.29 is 9.47 Å². The van der Waals surface area contributed by atoms with Crippen LogP contribution in [0.5, 0.6) is 11.5 Å². The van der Waals surface area contributed by atoms with E-state index in [1.807, 2.05) is 44.2 Å². The lowest BCUT2D eigenvalue weighted by Crippen LogP contribution is -2.37. The number of rotatable bonds is 5. The summed E-state index contributed by atoms with van der Waals surface area (Å²) >= 11 is 0. The van der Waals surface area contributed by atoms with E-state index in [4.69, 9.17) is 15.2 Å². The Bertz CT molecular complexity index is 758. The van der Waals surface area contributed by atoms with E-state index in [9.17, 15) is 0 Å². The summed E-state index contributed by atoms with van der Waals surface area (Å²) in [4.78, 5) is 4.48. The van der Waals surface area contributed by atoms with Crippen LogP contribution >= 0.6 is 0 Å². The second kappa shape index (κ2) is 7.92. The molecule has 5 heteroatoms. The van der Waals surface area contributed by atoms with E-state index in [-0.39, 0.29) is 6.04 Å². The quantitative estimate of drug-likeness (QED) is 0.648. The Labute approximate surface area is 148 Å². The Morgan fingerprint density at radius 1 is 1.32 bits per heavy atom. The highest BCUT2D eigenvalue weighted by Crippen LogP contribution is 2.31. The Morgan fingerprint density at radius 2 is 2.16 bits per heavy atom. The van der Waals surface area contributed by atoms with Gasteiger partial charge < -0.3 is 20.5 Å². The number of hydrogen-bond acceptors (Lipinski definition) is 3. The SMILES string of the molecule is CCOc1ccc(CN=C(N)NC2CCOc3ccccc32)cc1C. The molecule has 2 aromatic rings. The van der Waals surface area contributed by atoms with Crippen LogP contribution in [-0.2, 0) is 6.54 Å². The van der Waals surface area contributed by atoms with Crippen LogP contribution in [0.3, 0.4) is 0 Å². The number of nitrogens with two attached hydrogens (primary N) is 1. The van der Waals surface area contributed by atoms with Crippen molar-refractivity contribution in [3.05, 3.63) is 59.2 Å². The molecule has 3 rings (SSSR count). The Morgan fingerprint density at radius 3 is 2.96 bits per heavy atom. The van der Waals surface area contributed by atoms with Crippen LogP contribution in [0.25, 0.3) is 0 Å². The van der Waals surface area contributed by atoms with Gasteiger partial charge in [-0.25, -0.2) is 4.99 Å². The zero-order valence-electron chi connectivity index (χ0n) is 14.8. The summed E-state index contributed by atoms with van der Waals surface area (Å²) in [6, 6.07) is 14.3. The number of aliphatic imine (C=N–C) groups is 1. The average molecular weight is 339 g/mol. The van der Waals surface area contributed by atoms with E-state index in [1.54, 1.807) is 0 Å². The Kier molecular flexibility index (Phi) is 5.43. The third kappa shape index (κ3) is 4.24. The standard InChI is InChI=1S/C20H25N3O2/c1-3-24-18-9-8-15(12-14(18)2)13-22-20(21)23-17-10-11-25-19-7-5-4-6-16(17)19/h4-9,12,17H,3,10-11,13H2,1-2H3,(H3,21,22,23). The minimum atomic E-state index is 0.135. The number of hydrogen-bond donors (Lipinski definition) is 2. The molecular formula is C20H25N3O2. The van der Waals surface area contributed by atoms with Gasteiger partial charge in [-0.1, -0.05) is 30.3 Å². The lowest BCUT2D eigenvalue weighted by atomic mass is 10.0. The third-order valence-corrected chi connectivity index (χ3v) is 4.25. The van der Waals surface area contributed by atoms with Gasteiger partial charge in [-0.05, 0) is 37.1 Å². The lowest BCUT2D eigenvalue weighted by molar-refractivity contribution is 0.262. The maximum Gasteiger partial charge on any atom is 0.189 e. The van der Waals surface area contributed by atoms with E-state index in [0.717, 1.165) is 34.6 Å². The number of aryl methyl sites for hydroxylation is 1. The summed E-state index contributed by atoms with van der Waals surface area (Å²) in [7, 11) is 0. The number of fused-ring (bicyclic) bond motifs is 1. The molecule has 2 aromatic carbocycles. The summed E-state index contributed by atoms with van der Waals surface area (Å²) in [6.07, 6.45) is 0.870. The summed E-state index contributed by atoms with van der Waals surface area (Å²) in [5, 5.41) is 3.31. The normalized spacial score (nSPS) is 16.7. The van der Waals surface area contributed by atoms with Gasteiger partial charge in [0.05, 0.1) is 25.8 Å². The van der Waals surface area contributed by atoms with Gasteiger partial charge in [0.1, 0.15) is 11.5 Å². The molecule has 0 spiro atoms.